The number of benzene rings is 2. The summed E-state index contributed by atoms with van der Waals surface area (Å²) in [6, 6.07) is 12.0. The number of aliphatic carboxylic acids is 2. The largest absolute Gasteiger partial charge is 0.506 e. The summed E-state index contributed by atoms with van der Waals surface area (Å²) in [4.78, 5) is 30.6. The van der Waals surface area contributed by atoms with Crippen molar-refractivity contribution in [3.05, 3.63) is 72.1 Å². The van der Waals surface area contributed by atoms with Crippen LogP contribution in [0.3, 0.4) is 0 Å². The number of nitrogens with zero attached hydrogens (tertiary/aromatic N) is 2. The molecule has 10 heteroatoms. The fraction of sp³-hybridized carbons (Fsp3) is 0.200. The van der Waals surface area contributed by atoms with Crippen LogP contribution in [0.2, 0.25) is 0 Å². The van der Waals surface area contributed by atoms with Crippen molar-refractivity contribution in [2.75, 3.05) is 13.1 Å². The summed E-state index contributed by atoms with van der Waals surface area (Å²) in [5.41, 5.74) is 2.52. The number of hydrogen-bond donors (Lipinski definition) is 6. The van der Waals surface area contributed by atoms with E-state index in [0.717, 1.165) is 21.9 Å². The van der Waals surface area contributed by atoms with Gasteiger partial charge in [0.05, 0.1) is 13.1 Å². The molecule has 2 atom stereocenters. The maximum Gasteiger partial charge on any atom is 0.321 e. The molecular formula is C30H28N4O6. The van der Waals surface area contributed by atoms with Crippen molar-refractivity contribution in [3.63, 3.8) is 0 Å². The molecule has 2 aromatic heterocycles. The Kier molecular flexibility index (Phi) is 10.4. The molecule has 204 valence electrons. The molecule has 0 saturated heterocycles. The molecule has 0 fully saturated rings. The zero-order valence-corrected chi connectivity index (χ0v) is 21.4. The summed E-state index contributed by atoms with van der Waals surface area (Å²) in [5, 5.41) is 44.9. The minimum atomic E-state index is -0.967. The second-order valence-electron chi connectivity index (χ2n) is 8.65. The minimum absolute atomic E-state index is 0.0767. The van der Waals surface area contributed by atoms with Crippen LogP contribution in [0.5, 0.6) is 11.5 Å². The summed E-state index contributed by atoms with van der Waals surface area (Å²) < 4.78 is 0. The third-order valence-corrected chi connectivity index (χ3v) is 6.02. The Bertz CT molecular complexity index is 1470. The average molecular weight is 541 g/mol. The van der Waals surface area contributed by atoms with Crippen LogP contribution in [-0.4, -0.2) is 67.5 Å². The van der Waals surface area contributed by atoms with Gasteiger partial charge in [0, 0.05) is 23.2 Å². The fourth-order valence-corrected chi connectivity index (χ4v) is 4.09. The summed E-state index contributed by atoms with van der Waals surface area (Å²) in [7, 11) is 0. The number of rotatable bonds is 10. The molecule has 0 spiro atoms. The Morgan fingerprint density at radius 1 is 0.725 bits per heavy atom. The topological polar surface area (TPSA) is 165 Å². The molecule has 1 unspecified atom stereocenters. The number of hydrogen-bond acceptors (Lipinski definition) is 8. The van der Waals surface area contributed by atoms with E-state index in [1.54, 1.807) is 48.8 Å². The molecular weight excluding hydrogens is 512 g/mol. The SMILES string of the molecule is C#CCNC(Cc1ccc(O)c2ncccc12)C(=O)O.C#CCN[C@@H](Cc1ccc(O)c2ncccc12)C(=O)O. The highest BCUT2D eigenvalue weighted by atomic mass is 16.4. The van der Waals surface area contributed by atoms with E-state index in [9.17, 15) is 30.0 Å². The molecule has 0 aliphatic rings. The van der Waals surface area contributed by atoms with Gasteiger partial charge in [-0.25, -0.2) is 0 Å². The van der Waals surface area contributed by atoms with E-state index in [-0.39, 0.29) is 37.4 Å². The first-order chi connectivity index (χ1) is 19.3. The van der Waals surface area contributed by atoms with Gasteiger partial charge in [-0.1, -0.05) is 36.1 Å². The number of aromatic hydroxyl groups is 2. The lowest BCUT2D eigenvalue weighted by Crippen LogP contribution is -2.38. The molecule has 40 heavy (non-hydrogen) atoms. The third kappa shape index (κ3) is 7.45. The summed E-state index contributed by atoms with van der Waals surface area (Å²) in [6.07, 6.45) is 14.0. The lowest BCUT2D eigenvalue weighted by atomic mass is 10.0. The van der Waals surface area contributed by atoms with Crippen molar-refractivity contribution >= 4 is 33.7 Å². The van der Waals surface area contributed by atoms with Crippen molar-refractivity contribution < 1.29 is 30.0 Å². The Morgan fingerprint density at radius 3 is 1.48 bits per heavy atom. The van der Waals surface area contributed by atoms with Gasteiger partial charge in [-0.2, -0.15) is 0 Å². The summed E-state index contributed by atoms with van der Waals surface area (Å²) >= 11 is 0. The van der Waals surface area contributed by atoms with Crippen LogP contribution in [0, 0.1) is 24.7 Å². The molecule has 6 N–H and O–H groups in total. The van der Waals surface area contributed by atoms with E-state index in [0.29, 0.717) is 11.0 Å². The Hall–Kier alpha value is -5.16. The lowest BCUT2D eigenvalue weighted by Gasteiger charge is -2.14. The Balaban J connectivity index is 0.000000220. The number of phenols is 2. The Morgan fingerprint density at radius 2 is 1.12 bits per heavy atom. The van der Waals surface area contributed by atoms with Crippen molar-refractivity contribution in [2.45, 2.75) is 24.9 Å². The van der Waals surface area contributed by atoms with Gasteiger partial charge in [0.25, 0.3) is 0 Å². The molecule has 0 radical (unpaired) electrons. The van der Waals surface area contributed by atoms with Crippen LogP contribution >= 0.6 is 0 Å². The molecule has 0 bridgehead atoms. The van der Waals surface area contributed by atoms with Gasteiger partial charge >= 0.3 is 11.9 Å². The maximum absolute atomic E-state index is 11.2. The number of terminal acetylenes is 2. The maximum atomic E-state index is 11.2. The van der Waals surface area contributed by atoms with Gasteiger partial charge in [-0.05, 0) is 48.2 Å². The van der Waals surface area contributed by atoms with E-state index in [4.69, 9.17) is 12.8 Å². The van der Waals surface area contributed by atoms with E-state index < -0.39 is 24.0 Å². The van der Waals surface area contributed by atoms with Gasteiger partial charge < -0.3 is 20.4 Å². The number of phenolic OH excluding ortho intramolecular Hbond substituents is 2. The van der Waals surface area contributed by atoms with Crippen LogP contribution in [0.15, 0.2) is 60.9 Å². The standard InChI is InChI=1S/2C15H14N2O3/c2*1-2-7-16-12(15(19)20)9-10-5-6-13(18)14-11(10)4-3-8-17-14/h2*1,3-6,8,12,16,18H,7,9H2,(H,19,20)/t12-;/m0./s1. The van der Waals surface area contributed by atoms with E-state index in [1.165, 1.54) is 12.1 Å². The quantitative estimate of drug-likeness (QED) is 0.164. The number of aromatic nitrogens is 2. The van der Waals surface area contributed by atoms with Crippen molar-refractivity contribution in [1.82, 2.24) is 20.6 Å². The molecule has 0 aliphatic heterocycles. The molecule has 10 nitrogen and oxygen atoms in total. The third-order valence-electron chi connectivity index (χ3n) is 6.02. The zero-order valence-electron chi connectivity index (χ0n) is 21.4. The van der Waals surface area contributed by atoms with Gasteiger partial charge in [-0.3, -0.25) is 30.2 Å². The fourth-order valence-electron chi connectivity index (χ4n) is 4.09. The van der Waals surface area contributed by atoms with Crippen LogP contribution in [0.25, 0.3) is 21.8 Å². The molecule has 4 rings (SSSR count). The predicted molar refractivity (Wildman–Crippen MR) is 151 cm³/mol. The first-order valence-electron chi connectivity index (χ1n) is 12.2. The van der Waals surface area contributed by atoms with Gasteiger partial charge in [-0.15, -0.1) is 12.8 Å². The predicted octanol–water partition coefficient (Wildman–Crippen LogP) is 2.32. The van der Waals surface area contributed by atoms with Crippen molar-refractivity contribution in [2.24, 2.45) is 0 Å². The van der Waals surface area contributed by atoms with E-state index in [1.807, 2.05) is 0 Å². The number of carbonyl (C=O) groups is 2. The number of fused-ring (bicyclic) bond motifs is 2. The summed E-state index contributed by atoms with van der Waals surface area (Å²) in [5.74, 6) is 2.94. The number of carboxylic acid groups (broad SMARTS) is 2. The van der Waals surface area contributed by atoms with Crippen molar-refractivity contribution in [3.8, 4) is 36.2 Å². The summed E-state index contributed by atoms with van der Waals surface area (Å²) in [6.45, 7) is 0.371. The van der Waals surface area contributed by atoms with Crippen LogP contribution in [0.1, 0.15) is 11.1 Å². The molecule has 4 aromatic rings. The highest BCUT2D eigenvalue weighted by Gasteiger charge is 2.20. The molecule has 0 aliphatic carbocycles. The number of nitrogens with one attached hydrogen (secondary N) is 2. The zero-order chi connectivity index (χ0) is 29.1. The molecule has 2 aromatic carbocycles. The minimum Gasteiger partial charge on any atom is -0.506 e. The van der Waals surface area contributed by atoms with E-state index in [2.05, 4.69) is 32.4 Å². The molecule has 0 amide bonds. The van der Waals surface area contributed by atoms with Gasteiger partial charge in [0.1, 0.15) is 34.6 Å². The van der Waals surface area contributed by atoms with Crippen LogP contribution in [0.4, 0.5) is 0 Å². The van der Waals surface area contributed by atoms with Gasteiger partial charge in [0.2, 0.25) is 0 Å². The average Bonchev–Trinajstić information content (AvgIpc) is 2.96. The Labute approximate surface area is 230 Å². The monoisotopic (exact) mass is 540 g/mol. The van der Waals surface area contributed by atoms with E-state index >= 15 is 0 Å². The highest BCUT2D eigenvalue weighted by molar-refractivity contribution is 5.89. The number of carboxylic acids is 2. The number of pyridine rings is 2. The second-order valence-corrected chi connectivity index (χ2v) is 8.65. The second kappa shape index (κ2) is 14.1. The van der Waals surface area contributed by atoms with Crippen LogP contribution < -0.4 is 10.6 Å². The lowest BCUT2D eigenvalue weighted by molar-refractivity contribution is -0.140. The first-order valence-corrected chi connectivity index (χ1v) is 12.2. The van der Waals surface area contributed by atoms with Crippen LogP contribution in [-0.2, 0) is 22.4 Å². The molecule has 0 saturated carbocycles. The first kappa shape index (κ1) is 29.4. The smallest absolute Gasteiger partial charge is 0.321 e. The highest BCUT2D eigenvalue weighted by Crippen LogP contribution is 2.27. The van der Waals surface area contributed by atoms with Gasteiger partial charge in [0.15, 0.2) is 0 Å². The van der Waals surface area contributed by atoms with Crippen molar-refractivity contribution in [1.29, 1.82) is 0 Å². The molecule has 2 heterocycles. The normalized spacial score (nSPS) is 11.9.